The van der Waals surface area contributed by atoms with E-state index in [4.69, 9.17) is 27.6 Å². The van der Waals surface area contributed by atoms with E-state index in [1.165, 1.54) is 17.2 Å². The quantitative estimate of drug-likeness (QED) is 0.377. The monoisotopic (exact) mass is 419 g/mol. The zero-order valence-corrected chi connectivity index (χ0v) is 16.2. The molecule has 0 aliphatic heterocycles. The molecule has 3 aromatic rings. The Kier molecular flexibility index (Phi) is 6.13. The molecule has 10 heteroatoms. The van der Waals surface area contributed by atoms with Crippen molar-refractivity contribution >= 4 is 41.2 Å². The molecule has 2 amide bonds. The van der Waals surface area contributed by atoms with E-state index in [-0.39, 0.29) is 6.54 Å². The molecular weight excluding hydrogens is 405 g/mol. The van der Waals surface area contributed by atoms with Crippen molar-refractivity contribution in [1.82, 2.24) is 20.5 Å². The maximum absolute atomic E-state index is 11.8. The molecule has 0 atom stereocenters. The van der Waals surface area contributed by atoms with E-state index in [1.54, 1.807) is 43.3 Å². The number of carbonyl (C=O) groups is 2. The zero-order chi connectivity index (χ0) is 20.1. The fraction of sp³-hybridized carbons (Fsp3) is 0.111. The number of hydrazone groups is 1. The number of aromatic nitrogens is 2. The molecule has 8 nitrogen and oxygen atoms in total. The molecule has 0 saturated heterocycles. The predicted molar refractivity (Wildman–Crippen MR) is 105 cm³/mol. The summed E-state index contributed by atoms with van der Waals surface area (Å²) in [4.78, 5) is 23.5. The zero-order valence-electron chi connectivity index (χ0n) is 14.6. The molecule has 0 radical (unpaired) electrons. The molecule has 144 valence electrons. The van der Waals surface area contributed by atoms with E-state index in [1.807, 2.05) is 0 Å². The van der Waals surface area contributed by atoms with Crippen LogP contribution >= 0.6 is 23.2 Å². The van der Waals surface area contributed by atoms with Crippen LogP contribution in [0.15, 0.2) is 52.2 Å². The lowest BCUT2D eigenvalue weighted by Gasteiger charge is -2.03. The average molecular weight is 420 g/mol. The highest BCUT2D eigenvalue weighted by molar-refractivity contribution is 6.35. The van der Waals surface area contributed by atoms with Crippen LogP contribution in [0.5, 0.6) is 0 Å². The molecular formula is C18H15Cl2N5O3. The average Bonchev–Trinajstić information content (AvgIpc) is 3.29. The number of halogens is 2. The minimum atomic E-state index is -0.918. The van der Waals surface area contributed by atoms with Crippen molar-refractivity contribution in [2.75, 3.05) is 0 Å². The van der Waals surface area contributed by atoms with E-state index in [0.29, 0.717) is 32.9 Å². The number of amides is 2. The molecule has 0 fully saturated rings. The maximum atomic E-state index is 11.8. The minimum absolute atomic E-state index is 0.0975. The Morgan fingerprint density at radius 2 is 2.07 bits per heavy atom. The summed E-state index contributed by atoms with van der Waals surface area (Å²) in [5.41, 5.74) is 3.91. The van der Waals surface area contributed by atoms with Crippen molar-refractivity contribution < 1.29 is 14.0 Å². The van der Waals surface area contributed by atoms with E-state index < -0.39 is 11.8 Å². The third-order valence-electron chi connectivity index (χ3n) is 3.67. The van der Waals surface area contributed by atoms with Gasteiger partial charge in [0.2, 0.25) is 0 Å². The van der Waals surface area contributed by atoms with Gasteiger partial charge in [-0.05, 0) is 37.3 Å². The summed E-state index contributed by atoms with van der Waals surface area (Å²) in [5, 5.41) is 11.4. The van der Waals surface area contributed by atoms with Gasteiger partial charge in [0, 0.05) is 5.02 Å². The van der Waals surface area contributed by atoms with Crippen LogP contribution < -0.4 is 10.7 Å². The van der Waals surface area contributed by atoms with Crippen LogP contribution in [0.2, 0.25) is 10.2 Å². The van der Waals surface area contributed by atoms with Crippen LogP contribution in [-0.4, -0.2) is 27.8 Å². The summed E-state index contributed by atoms with van der Waals surface area (Å²) in [6.45, 7) is 1.84. The maximum Gasteiger partial charge on any atom is 0.329 e. The van der Waals surface area contributed by atoms with Gasteiger partial charge in [-0.1, -0.05) is 29.3 Å². The highest BCUT2D eigenvalue weighted by atomic mass is 35.5. The summed E-state index contributed by atoms with van der Waals surface area (Å²) in [6, 6.07) is 10.4. The number of hydrogen-bond acceptors (Lipinski definition) is 5. The molecule has 28 heavy (non-hydrogen) atoms. The number of nitrogens with zero attached hydrogens (tertiary/aromatic N) is 3. The standard InChI is InChI=1S/C18H15Cl2N5O3/c1-11-15(16(20)25(24-11)13-5-2-4-12(19)8-13)10-22-23-18(27)17(26)21-9-14-6-3-7-28-14/h2-8,10H,9H2,1H3,(H,21,26)(H,23,27)/b22-10+. The smallest absolute Gasteiger partial charge is 0.329 e. The summed E-state index contributed by atoms with van der Waals surface area (Å²) >= 11 is 12.4. The van der Waals surface area contributed by atoms with Crippen molar-refractivity contribution in [3.63, 3.8) is 0 Å². The van der Waals surface area contributed by atoms with Gasteiger partial charge in [-0.3, -0.25) is 9.59 Å². The van der Waals surface area contributed by atoms with E-state index in [2.05, 4.69) is 20.9 Å². The first kappa shape index (κ1) is 19.7. The highest BCUT2D eigenvalue weighted by Crippen LogP contribution is 2.23. The van der Waals surface area contributed by atoms with Crippen LogP contribution in [0.25, 0.3) is 5.69 Å². The first-order chi connectivity index (χ1) is 13.5. The first-order valence-corrected chi connectivity index (χ1v) is 8.86. The lowest BCUT2D eigenvalue weighted by Crippen LogP contribution is -2.37. The lowest BCUT2D eigenvalue weighted by atomic mass is 10.3. The molecule has 0 aliphatic carbocycles. The Hall–Kier alpha value is -3.10. The molecule has 2 heterocycles. The molecule has 2 aromatic heterocycles. The van der Waals surface area contributed by atoms with Crippen LogP contribution in [0.3, 0.4) is 0 Å². The normalized spacial score (nSPS) is 11.0. The molecule has 0 aliphatic rings. The number of rotatable bonds is 5. The summed E-state index contributed by atoms with van der Waals surface area (Å²) in [5.74, 6) is -1.23. The number of carbonyl (C=O) groups excluding carboxylic acids is 2. The third kappa shape index (κ3) is 4.59. The highest BCUT2D eigenvalue weighted by Gasteiger charge is 2.15. The van der Waals surface area contributed by atoms with E-state index in [0.717, 1.165) is 0 Å². The Morgan fingerprint density at radius 3 is 2.79 bits per heavy atom. The van der Waals surface area contributed by atoms with Gasteiger partial charge in [0.1, 0.15) is 10.9 Å². The second kappa shape index (κ2) is 8.73. The fourth-order valence-electron chi connectivity index (χ4n) is 2.30. The Labute approximate surface area is 170 Å². The number of hydrogen-bond donors (Lipinski definition) is 2. The van der Waals surface area contributed by atoms with Crippen LogP contribution in [0, 0.1) is 6.92 Å². The Balaban J connectivity index is 1.64. The van der Waals surface area contributed by atoms with Crippen LogP contribution in [-0.2, 0) is 16.1 Å². The van der Waals surface area contributed by atoms with Gasteiger partial charge < -0.3 is 9.73 Å². The number of furan rings is 1. The van der Waals surface area contributed by atoms with Gasteiger partial charge in [-0.15, -0.1) is 0 Å². The molecule has 0 saturated carbocycles. The topological polar surface area (TPSA) is 102 Å². The van der Waals surface area contributed by atoms with Crippen molar-refractivity contribution in [2.24, 2.45) is 5.10 Å². The molecule has 3 rings (SSSR count). The predicted octanol–water partition coefficient (Wildman–Crippen LogP) is 2.85. The van der Waals surface area contributed by atoms with Crippen LogP contribution in [0.4, 0.5) is 0 Å². The number of aryl methyl sites for hydroxylation is 1. The van der Waals surface area contributed by atoms with Crippen molar-refractivity contribution in [1.29, 1.82) is 0 Å². The van der Waals surface area contributed by atoms with E-state index in [9.17, 15) is 9.59 Å². The largest absolute Gasteiger partial charge is 0.467 e. The summed E-state index contributed by atoms with van der Waals surface area (Å²) < 4.78 is 6.57. The van der Waals surface area contributed by atoms with Gasteiger partial charge in [0.15, 0.2) is 0 Å². The van der Waals surface area contributed by atoms with Gasteiger partial charge in [-0.2, -0.15) is 10.2 Å². The summed E-state index contributed by atoms with van der Waals surface area (Å²) in [7, 11) is 0. The number of benzene rings is 1. The molecule has 1 aromatic carbocycles. The van der Waals surface area contributed by atoms with Crippen molar-refractivity contribution in [3.8, 4) is 5.69 Å². The second-order valence-electron chi connectivity index (χ2n) is 5.64. The first-order valence-electron chi connectivity index (χ1n) is 8.10. The minimum Gasteiger partial charge on any atom is -0.467 e. The molecule has 2 N–H and O–H groups in total. The second-order valence-corrected chi connectivity index (χ2v) is 6.44. The Bertz CT molecular complexity index is 1030. The fourth-order valence-corrected chi connectivity index (χ4v) is 2.81. The molecule has 0 bridgehead atoms. The lowest BCUT2D eigenvalue weighted by molar-refractivity contribution is -0.139. The van der Waals surface area contributed by atoms with E-state index >= 15 is 0 Å². The third-order valence-corrected chi connectivity index (χ3v) is 4.27. The number of nitrogens with one attached hydrogen (secondary N) is 2. The van der Waals surface area contributed by atoms with Gasteiger partial charge in [0.05, 0.1) is 36.0 Å². The molecule has 0 unspecified atom stereocenters. The van der Waals surface area contributed by atoms with Crippen molar-refractivity contribution in [2.45, 2.75) is 13.5 Å². The Morgan fingerprint density at radius 1 is 1.25 bits per heavy atom. The molecule has 0 spiro atoms. The van der Waals surface area contributed by atoms with Gasteiger partial charge in [0.25, 0.3) is 0 Å². The van der Waals surface area contributed by atoms with Gasteiger partial charge in [-0.25, -0.2) is 10.1 Å². The van der Waals surface area contributed by atoms with Gasteiger partial charge >= 0.3 is 11.8 Å². The van der Waals surface area contributed by atoms with Crippen LogP contribution in [0.1, 0.15) is 17.0 Å². The summed E-state index contributed by atoms with van der Waals surface area (Å²) in [6.07, 6.45) is 2.80. The SMILES string of the molecule is Cc1nn(-c2cccc(Cl)c2)c(Cl)c1/C=N/NC(=O)C(=O)NCc1ccco1. The van der Waals surface area contributed by atoms with Crippen molar-refractivity contribution in [3.05, 3.63) is 69.9 Å².